The van der Waals surface area contributed by atoms with Crippen molar-refractivity contribution in [2.45, 2.75) is 19.1 Å². The Kier molecular flexibility index (Phi) is 4.45. The molecular formula is C17H20N2O4. The van der Waals surface area contributed by atoms with Crippen molar-refractivity contribution in [1.29, 1.82) is 0 Å². The predicted molar refractivity (Wildman–Crippen MR) is 86.8 cm³/mol. The smallest absolute Gasteiger partial charge is 0.310 e. The second-order valence-corrected chi connectivity index (χ2v) is 5.68. The van der Waals surface area contributed by atoms with Gasteiger partial charge in [-0.15, -0.1) is 0 Å². The quantitative estimate of drug-likeness (QED) is 0.932. The molecule has 1 aromatic heterocycles. The van der Waals surface area contributed by atoms with Gasteiger partial charge in [0.25, 0.3) is 0 Å². The van der Waals surface area contributed by atoms with Gasteiger partial charge in [-0.05, 0) is 30.0 Å². The van der Waals surface area contributed by atoms with Gasteiger partial charge in [-0.1, -0.05) is 6.07 Å². The first-order valence-corrected chi connectivity index (χ1v) is 7.60. The molecule has 2 heterocycles. The number of nitrogens with zero attached hydrogens (tertiary/aromatic N) is 2. The van der Waals surface area contributed by atoms with Gasteiger partial charge in [0, 0.05) is 37.1 Å². The van der Waals surface area contributed by atoms with E-state index in [1.807, 2.05) is 18.2 Å². The number of fused-ring (bicyclic) bond motifs is 1. The zero-order chi connectivity index (χ0) is 16.4. The molecule has 122 valence electrons. The van der Waals surface area contributed by atoms with E-state index in [0.29, 0.717) is 13.2 Å². The number of aromatic nitrogens is 1. The molecule has 6 nitrogen and oxygen atoms in total. The summed E-state index contributed by atoms with van der Waals surface area (Å²) in [6.07, 6.45) is 3.18. The Morgan fingerprint density at radius 2 is 2.30 bits per heavy atom. The molecule has 0 amide bonds. The number of hydrogen-bond acceptors (Lipinski definition) is 5. The molecule has 2 unspecified atom stereocenters. The molecule has 23 heavy (non-hydrogen) atoms. The van der Waals surface area contributed by atoms with Crippen molar-refractivity contribution in [3.05, 3.63) is 36.2 Å². The van der Waals surface area contributed by atoms with Crippen LogP contribution in [0.3, 0.4) is 0 Å². The lowest BCUT2D eigenvalue weighted by molar-refractivity contribution is -0.138. The monoisotopic (exact) mass is 316 g/mol. The van der Waals surface area contributed by atoms with Crippen molar-refractivity contribution in [2.24, 2.45) is 0 Å². The average molecular weight is 316 g/mol. The number of pyridine rings is 1. The summed E-state index contributed by atoms with van der Waals surface area (Å²) in [5.41, 5.74) is 1.79. The third-order valence-corrected chi connectivity index (χ3v) is 4.27. The molecule has 0 spiro atoms. The summed E-state index contributed by atoms with van der Waals surface area (Å²) < 4.78 is 10.8. The van der Waals surface area contributed by atoms with Crippen LogP contribution in [0.2, 0.25) is 0 Å². The molecule has 0 radical (unpaired) electrons. The normalized spacial score (nSPS) is 19.7. The van der Waals surface area contributed by atoms with Crippen LogP contribution in [0.25, 0.3) is 10.8 Å². The summed E-state index contributed by atoms with van der Waals surface area (Å²) in [5.74, 6) is -1.43. The Balaban J connectivity index is 1.95. The fraction of sp³-hybridized carbons (Fsp3) is 0.412. The highest BCUT2D eigenvalue weighted by Crippen LogP contribution is 2.29. The second-order valence-electron chi connectivity index (χ2n) is 5.68. The molecule has 0 bridgehead atoms. The molecule has 1 fully saturated rings. The number of morpholine rings is 1. The SMILES string of the molecule is COC1CN(c2ccc3c(C(C)C(=O)O)cncc3c2)CCO1. The molecule has 1 N–H and O–H groups in total. The zero-order valence-corrected chi connectivity index (χ0v) is 13.2. The second kappa shape index (κ2) is 6.52. The van der Waals surface area contributed by atoms with E-state index >= 15 is 0 Å². The fourth-order valence-corrected chi connectivity index (χ4v) is 2.86. The van der Waals surface area contributed by atoms with E-state index in [1.54, 1.807) is 26.4 Å². The van der Waals surface area contributed by atoms with Gasteiger partial charge in [-0.3, -0.25) is 9.78 Å². The predicted octanol–water partition coefficient (Wildman–Crippen LogP) is 2.23. The minimum atomic E-state index is -0.848. The highest BCUT2D eigenvalue weighted by atomic mass is 16.7. The maximum absolute atomic E-state index is 11.3. The van der Waals surface area contributed by atoms with E-state index in [9.17, 15) is 9.90 Å². The first-order chi connectivity index (χ1) is 11.1. The average Bonchev–Trinajstić information content (AvgIpc) is 2.60. The Labute approximate surface area is 134 Å². The third-order valence-electron chi connectivity index (χ3n) is 4.27. The maximum Gasteiger partial charge on any atom is 0.310 e. The Morgan fingerprint density at radius 1 is 1.48 bits per heavy atom. The molecule has 2 atom stereocenters. The van der Waals surface area contributed by atoms with E-state index in [-0.39, 0.29) is 6.29 Å². The summed E-state index contributed by atoms with van der Waals surface area (Å²) in [6, 6.07) is 6.02. The van der Waals surface area contributed by atoms with Crippen LogP contribution in [-0.2, 0) is 14.3 Å². The molecule has 3 rings (SSSR count). The number of carbonyl (C=O) groups is 1. The van der Waals surface area contributed by atoms with Gasteiger partial charge in [0.05, 0.1) is 19.1 Å². The maximum atomic E-state index is 11.3. The van der Waals surface area contributed by atoms with Crippen molar-refractivity contribution < 1.29 is 19.4 Å². The summed E-state index contributed by atoms with van der Waals surface area (Å²) in [7, 11) is 1.64. The van der Waals surface area contributed by atoms with Crippen molar-refractivity contribution in [3.63, 3.8) is 0 Å². The van der Waals surface area contributed by atoms with Crippen LogP contribution in [0.1, 0.15) is 18.4 Å². The molecule has 6 heteroatoms. The first-order valence-electron chi connectivity index (χ1n) is 7.60. The van der Waals surface area contributed by atoms with Crippen LogP contribution in [-0.4, -0.2) is 49.2 Å². The molecular weight excluding hydrogens is 296 g/mol. The van der Waals surface area contributed by atoms with Crippen molar-refractivity contribution in [3.8, 4) is 0 Å². The van der Waals surface area contributed by atoms with Crippen LogP contribution in [0.5, 0.6) is 0 Å². The standard InChI is InChI=1S/C17H20N2O4/c1-11(17(20)21)15-9-18-8-12-7-13(3-4-14(12)15)19-5-6-23-16(10-19)22-2/h3-4,7-9,11,16H,5-6,10H2,1-2H3,(H,20,21). The van der Waals surface area contributed by atoms with E-state index in [2.05, 4.69) is 9.88 Å². The molecule has 1 aliphatic heterocycles. The number of aliphatic carboxylic acids is 1. The van der Waals surface area contributed by atoms with Crippen LogP contribution in [0.15, 0.2) is 30.6 Å². The Bertz CT molecular complexity index is 719. The Hall–Kier alpha value is -2.18. The largest absolute Gasteiger partial charge is 0.481 e. The van der Waals surface area contributed by atoms with Crippen molar-refractivity contribution in [1.82, 2.24) is 4.98 Å². The number of anilines is 1. The van der Waals surface area contributed by atoms with E-state index in [0.717, 1.165) is 28.6 Å². The molecule has 2 aromatic rings. The third kappa shape index (κ3) is 3.13. The lowest BCUT2D eigenvalue weighted by Gasteiger charge is -2.33. The summed E-state index contributed by atoms with van der Waals surface area (Å²) in [4.78, 5) is 17.7. The van der Waals surface area contributed by atoms with Gasteiger partial charge >= 0.3 is 5.97 Å². The van der Waals surface area contributed by atoms with Gasteiger partial charge in [0.15, 0.2) is 6.29 Å². The zero-order valence-electron chi connectivity index (χ0n) is 13.2. The lowest BCUT2D eigenvalue weighted by Crippen LogP contribution is -2.43. The van der Waals surface area contributed by atoms with Gasteiger partial charge in [-0.25, -0.2) is 0 Å². The number of carboxylic acids is 1. The molecule has 1 aliphatic rings. The molecule has 0 aliphatic carbocycles. The highest BCUT2D eigenvalue weighted by Gasteiger charge is 2.21. The summed E-state index contributed by atoms with van der Waals surface area (Å²) in [6.45, 7) is 3.76. The van der Waals surface area contributed by atoms with E-state index in [1.165, 1.54) is 0 Å². The highest BCUT2D eigenvalue weighted by molar-refractivity contribution is 5.91. The topological polar surface area (TPSA) is 71.9 Å². The number of rotatable bonds is 4. The summed E-state index contributed by atoms with van der Waals surface area (Å²) in [5, 5.41) is 11.1. The number of carboxylic acid groups (broad SMARTS) is 1. The molecule has 1 aromatic carbocycles. The number of hydrogen-bond donors (Lipinski definition) is 1. The molecule has 1 saturated heterocycles. The van der Waals surface area contributed by atoms with Crippen LogP contribution < -0.4 is 4.90 Å². The first kappa shape index (κ1) is 15.7. The van der Waals surface area contributed by atoms with Crippen molar-refractivity contribution in [2.75, 3.05) is 31.7 Å². The van der Waals surface area contributed by atoms with Crippen molar-refractivity contribution >= 4 is 22.4 Å². The van der Waals surface area contributed by atoms with Gasteiger partial charge in [-0.2, -0.15) is 0 Å². The summed E-state index contributed by atoms with van der Waals surface area (Å²) >= 11 is 0. The number of ether oxygens (including phenoxy) is 2. The van der Waals surface area contributed by atoms with Gasteiger partial charge in [0.2, 0.25) is 0 Å². The Morgan fingerprint density at radius 3 is 3.04 bits per heavy atom. The minimum absolute atomic E-state index is 0.226. The van der Waals surface area contributed by atoms with E-state index in [4.69, 9.17) is 9.47 Å². The van der Waals surface area contributed by atoms with Crippen LogP contribution >= 0.6 is 0 Å². The van der Waals surface area contributed by atoms with Gasteiger partial charge in [0.1, 0.15) is 0 Å². The molecule has 0 saturated carbocycles. The van der Waals surface area contributed by atoms with E-state index < -0.39 is 11.9 Å². The number of benzene rings is 1. The minimum Gasteiger partial charge on any atom is -0.481 e. The number of methoxy groups -OCH3 is 1. The van der Waals surface area contributed by atoms with Crippen LogP contribution in [0.4, 0.5) is 5.69 Å². The van der Waals surface area contributed by atoms with Crippen LogP contribution in [0, 0.1) is 0 Å². The van der Waals surface area contributed by atoms with Gasteiger partial charge < -0.3 is 19.5 Å². The lowest BCUT2D eigenvalue weighted by atomic mass is 9.97. The fourth-order valence-electron chi connectivity index (χ4n) is 2.86.